The van der Waals surface area contributed by atoms with E-state index in [9.17, 15) is 8.78 Å². The minimum absolute atomic E-state index is 0.504. The summed E-state index contributed by atoms with van der Waals surface area (Å²) < 4.78 is 26.8. The SMILES string of the molecule is FC(F)C1(c2cncc(N=C(c3ccccc3)c3ccccc3)c2)CC1. The molecule has 1 heterocycles. The van der Waals surface area contributed by atoms with Crippen LogP contribution >= 0.6 is 0 Å². The fraction of sp³-hybridized carbons (Fsp3) is 0.182. The first-order valence-electron chi connectivity index (χ1n) is 8.62. The van der Waals surface area contributed by atoms with Crippen LogP contribution in [0.15, 0.2) is 84.1 Å². The monoisotopic (exact) mass is 348 g/mol. The molecule has 0 atom stereocenters. The molecule has 1 fully saturated rings. The first-order chi connectivity index (χ1) is 12.7. The number of benzene rings is 2. The van der Waals surface area contributed by atoms with Crippen molar-refractivity contribution in [3.63, 3.8) is 0 Å². The molecule has 1 aromatic heterocycles. The van der Waals surface area contributed by atoms with Gasteiger partial charge in [0, 0.05) is 17.3 Å². The summed E-state index contributed by atoms with van der Waals surface area (Å²) in [7, 11) is 0. The molecular weight excluding hydrogens is 330 g/mol. The van der Waals surface area contributed by atoms with E-state index in [4.69, 9.17) is 4.99 Å². The zero-order valence-corrected chi connectivity index (χ0v) is 14.1. The van der Waals surface area contributed by atoms with Crippen molar-refractivity contribution in [1.29, 1.82) is 0 Å². The molecule has 130 valence electrons. The topological polar surface area (TPSA) is 25.2 Å². The number of pyridine rings is 1. The maximum atomic E-state index is 13.4. The van der Waals surface area contributed by atoms with E-state index in [0.29, 0.717) is 24.1 Å². The van der Waals surface area contributed by atoms with Crippen LogP contribution in [0, 0.1) is 0 Å². The fourth-order valence-electron chi connectivity index (χ4n) is 3.15. The lowest BCUT2D eigenvalue weighted by Gasteiger charge is -2.14. The Labute approximate surface area is 151 Å². The first-order valence-corrected chi connectivity index (χ1v) is 8.62. The molecule has 1 aliphatic rings. The van der Waals surface area contributed by atoms with Gasteiger partial charge in [-0.2, -0.15) is 0 Å². The summed E-state index contributed by atoms with van der Waals surface area (Å²) in [4.78, 5) is 8.94. The molecular formula is C22H18F2N2. The Morgan fingerprint density at radius 1 is 0.885 bits per heavy atom. The number of alkyl halides is 2. The van der Waals surface area contributed by atoms with Crippen molar-refractivity contribution in [1.82, 2.24) is 4.98 Å². The zero-order valence-electron chi connectivity index (χ0n) is 14.1. The largest absolute Gasteiger partial charge is 0.262 e. The molecule has 4 heteroatoms. The molecule has 4 rings (SSSR count). The Morgan fingerprint density at radius 3 is 1.96 bits per heavy atom. The summed E-state index contributed by atoms with van der Waals surface area (Å²) in [6.07, 6.45) is 1.80. The molecule has 0 spiro atoms. The number of rotatable bonds is 5. The Hall–Kier alpha value is -2.88. The van der Waals surface area contributed by atoms with Crippen LogP contribution in [0.25, 0.3) is 0 Å². The molecule has 2 aromatic carbocycles. The summed E-state index contributed by atoms with van der Waals surface area (Å²) in [6.45, 7) is 0. The van der Waals surface area contributed by atoms with Crippen molar-refractivity contribution in [2.24, 2.45) is 4.99 Å². The van der Waals surface area contributed by atoms with Crippen LogP contribution in [0.1, 0.15) is 29.5 Å². The predicted octanol–water partition coefficient (Wildman–Crippen LogP) is 5.55. The van der Waals surface area contributed by atoms with Gasteiger partial charge in [0.25, 0.3) is 0 Å². The normalized spacial score (nSPS) is 14.9. The molecule has 0 unspecified atom stereocenters. The summed E-state index contributed by atoms with van der Waals surface area (Å²) in [5.41, 5.74) is 2.88. The average Bonchev–Trinajstić information content (AvgIpc) is 3.50. The molecule has 0 N–H and O–H groups in total. The van der Waals surface area contributed by atoms with Crippen LogP contribution in [0.4, 0.5) is 14.5 Å². The first kappa shape index (κ1) is 16.6. The zero-order chi connectivity index (χ0) is 18.0. The van der Waals surface area contributed by atoms with E-state index in [1.165, 1.54) is 0 Å². The number of aromatic nitrogens is 1. The average molecular weight is 348 g/mol. The summed E-state index contributed by atoms with van der Waals surface area (Å²) >= 11 is 0. The summed E-state index contributed by atoms with van der Waals surface area (Å²) in [5, 5.41) is 0. The minimum Gasteiger partial charge on any atom is -0.262 e. The lowest BCUT2D eigenvalue weighted by atomic mass is 9.98. The molecule has 0 radical (unpaired) electrons. The van der Waals surface area contributed by atoms with E-state index in [-0.39, 0.29) is 0 Å². The van der Waals surface area contributed by atoms with E-state index in [2.05, 4.69) is 4.98 Å². The Morgan fingerprint density at radius 2 is 1.46 bits per heavy atom. The van der Waals surface area contributed by atoms with Gasteiger partial charge in [-0.25, -0.2) is 13.8 Å². The van der Waals surface area contributed by atoms with Crippen molar-refractivity contribution < 1.29 is 8.78 Å². The fourth-order valence-corrected chi connectivity index (χ4v) is 3.15. The van der Waals surface area contributed by atoms with Crippen molar-refractivity contribution in [2.75, 3.05) is 0 Å². The van der Waals surface area contributed by atoms with Gasteiger partial charge in [-0.3, -0.25) is 4.98 Å². The highest BCUT2D eigenvalue weighted by atomic mass is 19.3. The Kier molecular flexibility index (Phi) is 4.33. The summed E-state index contributed by atoms with van der Waals surface area (Å²) in [6, 6.07) is 21.4. The van der Waals surface area contributed by atoms with Gasteiger partial charge >= 0.3 is 0 Å². The van der Waals surface area contributed by atoms with Gasteiger partial charge in [0.05, 0.1) is 23.0 Å². The highest BCUT2D eigenvalue weighted by Gasteiger charge is 2.52. The van der Waals surface area contributed by atoms with E-state index in [1.54, 1.807) is 18.5 Å². The van der Waals surface area contributed by atoms with E-state index in [1.807, 2.05) is 60.7 Å². The summed E-state index contributed by atoms with van der Waals surface area (Å²) in [5.74, 6) is 0. The molecule has 1 saturated carbocycles. The minimum atomic E-state index is -2.37. The van der Waals surface area contributed by atoms with Gasteiger partial charge in [0.2, 0.25) is 6.43 Å². The Balaban J connectivity index is 1.79. The van der Waals surface area contributed by atoms with E-state index in [0.717, 1.165) is 16.8 Å². The standard InChI is InChI=1S/C22H18F2N2/c23-21(24)22(11-12-22)18-13-19(15-25-14-18)26-20(16-7-3-1-4-8-16)17-9-5-2-6-10-17/h1-10,13-15,21H,11-12H2. The van der Waals surface area contributed by atoms with Crippen molar-refractivity contribution in [3.8, 4) is 0 Å². The van der Waals surface area contributed by atoms with Crippen LogP contribution in [-0.4, -0.2) is 17.1 Å². The second kappa shape index (κ2) is 6.79. The molecule has 3 aromatic rings. The second-order valence-electron chi connectivity index (χ2n) is 6.58. The highest BCUT2D eigenvalue weighted by Crippen LogP contribution is 2.52. The lowest BCUT2D eigenvalue weighted by molar-refractivity contribution is 0.102. The van der Waals surface area contributed by atoms with E-state index < -0.39 is 11.8 Å². The Bertz CT molecular complexity index is 876. The van der Waals surface area contributed by atoms with Crippen LogP contribution in [0.3, 0.4) is 0 Å². The van der Waals surface area contributed by atoms with Gasteiger partial charge in [-0.05, 0) is 24.5 Å². The third-order valence-corrected chi connectivity index (χ3v) is 4.84. The van der Waals surface area contributed by atoms with Crippen molar-refractivity contribution in [2.45, 2.75) is 24.7 Å². The third-order valence-electron chi connectivity index (χ3n) is 4.84. The maximum Gasteiger partial charge on any atom is 0.248 e. The lowest BCUT2D eigenvalue weighted by Crippen LogP contribution is -2.17. The van der Waals surface area contributed by atoms with Crippen LogP contribution in [0.2, 0.25) is 0 Å². The maximum absolute atomic E-state index is 13.4. The van der Waals surface area contributed by atoms with Gasteiger partial charge < -0.3 is 0 Å². The highest BCUT2D eigenvalue weighted by molar-refractivity contribution is 6.13. The predicted molar refractivity (Wildman–Crippen MR) is 99.3 cm³/mol. The molecule has 26 heavy (non-hydrogen) atoms. The van der Waals surface area contributed by atoms with Gasteiger partial charge in [0.1, 0.15) is 0 Å². The van der Waals surface area contributed by atoms with Gasteiger partial charge in [-0.15, -0.1) is 0 Å². The van der Waals surface area contributed by atoms with Crippen molar-refractivity contribution in [3.05, 3.63) is 95.8 Å². The van der Waals surface area contributed by atoms with Crippen molar-refractivity contribution >= 4 is 11.4 Å². The number of halogens is 2. The van der Waals surface area contributed by atoms with Crippen LogP contribution in [0.5, 0.6) is 0 Å². The van der Waals surface area contributed by atoms with Crippen LogP contribution in [-0.2, 0) is 5.41 Å². The molecule has 2 nitrogen and oxygen atoms in total. The molecule has 0 saturated heterocycles. The third kappa shape index (κ3) is 3.15. The number of aliphatic imine (C=N–C) groups is 1. The molecule has 0 aliphatic heterocycles. The van der Waals surface area contributed by atoms with Crippen LogP contribution < -0.4 is 0 Å². The number of hydrogen-bond donors (Lipinski definition) is 0. The smallest absolute Gasteiger partial charge is 0.248 e. The van der Waals surface area contributed by atoms with E-state index >= 15 is 0 Å². The number of nitrogens with zero attached hydrogens (tertiary/aromatic N) is 2. The second-order valence-corrected chi connectivity index (χ2v) is 6.58. The molecule has 0 bridgehead atoms. The molecule has 1 aliphatic carbocycles. The van der Waals surface area contributed by atoms with Gasteiger partial charge in [0.15, 0.2) is 0 Å². The molecule has 0 amide bonds. The number of hydrogen-bond acceptors (Lipinski definition) is 2. The van der Waals surface area contributed by atoms with Gasteiger partial charge in [-0.1, -0.05) is 60.7 Å². The quantitative estimate of drug-likeness (QED) is 0.555.